The van der Waals surface area contributed by atoms with E-state index in [0.29, 0.717) is 15.9 Å². The van der Waals surface area contributed by atoms with Crippen LogP contribution in [-0.4, -0.2) is 36.9 Å². The number of thiazole rings is 1. The number of rotatable bonds is 5. The number of anilines is 2. The lowest BCUT2D eigenvalue weighted by Gasteiger charge is -2.14. The third kappa shape index (κ3) is 4.61. The zero-order valence-corrected chi connectivity index (χ0v) is 15.3. The minimum absolute atomic E-state index is 0.193. The second kappa shape index (κ2) is 7.21. The summed E-state index contributed by atoms with van der Waals surface area (Å²) in [6.07, 6.45) is 0. The molecule has 124 valence electrons. The highest BCUT2D eigenvalue weighted by molar-refractivity contribution is 7.89. The Morgan fingerprint density at radius 2 is 2.09 bits per heavy atom. The topological polar surface area (TPSA) is 86.4 Å². The predicted octanol–water partition coefficient (Wildman–Crippen LogP) is 2.02. The van der Waals surface area contributed by atoms with Crippen LogP contribution in [0, 0.1) is 6.92 Å². The molecule has 0 amide bonds. The smallest absolute Gasteiger partial charge is 0.242 e. The van der Waals surface area contributed by atoms with Crippen molar-refractivity contribution in [2.45, 2.75) is 11.8 Å². The summed E-state index contributed by atoms with van der Waals surface area (Å²) in [7, 11) is -0.507. The number of thiocarbonyl (C=S) groups is 1. The van der Waals surface area contributed by atoms with Crippen LogP contribution in [0.25, 0.3) is 0 Å². The van der Waals surface area contributed by atoms with Gasteiger partial charge in [-0.3, -0.25) is 10.9 Å². The molecule has 0 unspecified atom stereocenters. The van der Waals surface area contributed by atoms with Crippen molar-refractivity contribution in [1.29, 1.82) is 0 Å². The number of sulfonamides is 1. The van der Waals surface area contributed by atoms with E-state index in [1.165, 1.54) is 37.6 Å². The molecule has 0 saturated heterocycles. The third-order valence-electron chi connectivity index (χ3n) is 2.77. The maximum absolute atomic E-state index is 12.1. The summed E-state index contributed by atoms with van der Waals surface area (Å²) in [6, 6.07) is 6.44. The molecule has 2 aromatic rings. The third-order valence-corrected chi connectivity index (χ3v) is 5.66. The van der Waals surface area contributed by atoms with Crippen molar-refractivity contribution >= 4 is 49.5 Å². The van der Waals surface area contributed by atoms with Crippen LogP contribution in [0.3, 0.4) is 0 Å². The Morgan fingerprint density at radius 1 is 1.35 bits per heavy atom. The number of hydrazine groups is 1. The maximum atomic E-state index is 12.1. The minimum atomic E-state index is -3.48. The second-order valence-corrected chi connectivity index (χ2v) is 8.23. The SMILES string of the molecule is Cc1csc(NNC(=S)Nc2cccc(S(=O)(=O)N(C)C)c2)n1. The summed E-state index contributed by atoms with van der Waals surface area (Å²) >= 11 is 6.61. The summed E-state index contributed by atoms with van der Waals surface area (Å²) in [5, 5.41) is 5.83. The zero-order chi connectivity index (χ0) is 17.0. The lowest BCUT2D eigenvalue weighted by atomic mass is 10.3. The zero-order valence-electron chi connectivity index (χ0n) is 12.8. The molecule has 0 saturated carbocycles. The second-order valence-electron chi connectivity index (χ2n) is 4.81. The van der Waals surface area contributed by atoms with E-state index in [9.17, 15) is 8.42 Å². The van der Waals surface area contributed by atoms with E-state index < -0.39 is 10.0 Å². The largest absolute Gasteiger partial charge is 0.331 e. The van der Waals surface area contributed by atoms with Crippen LogP contribution in [0.1, 0.15) is 5.69 Å². The van der Waals surface area contributed by atoms with Crippen LogP contribution < -0.4 is 16.2 Å². The standard InChI is InChI=1S/C13H17N5O2S3/c1-9-8-22-13(14-9)17-16-12(21)15-10-5-4-6-11(7-10)23(19,20)18(2)3/h4-8H,1-3H3,(H,14,17)(H2,15,16,21). The molecule has 3 N–H and O–H groups in total. The molecule has 0 aliphatic rings. The highest BCUT2D eigenvalue weighted by Crippen LogP contribution is 2.18. The van der Waals surface area contributed by atoms with Gasteiger partial charge >= 0.3 is 0 Å². The fourth-order valence-electron chi connectivity index (χ4n) is 1.63. The summed E-state index contributed by atoms with van der Waals surface area (Å²) in [4.78, 5) is 4.42. The van der Waals surface area contributed by atoms with E-state index in [1.807, 2.05) is 12.3 Å². The molecule has 0 aliphatic carbocycles. The molecule has 7 nitrogen and oxygen atoms in total. The summed E-state index contributed by atoms with van der Waals surface area (Å²) in [5.41, 5.74) is 7.16. The Morgan fingerprint density at radius 3 is 2.70 bits per heavy atom. The van der Waals surface area contributed by atoms with Crippen LogP contribution in [-0.2, 0) is 10.0 Å². The lowest BCUT2D eigenvalue weighted by molar-refractivity contribution is 0.521. The molecule has 0 bridgehead atoms. The minimum Gasteiger partial charge on any atom is -0.331 e. The van der Waals surface area contributed by atoms with Crippen molar-refractivity contribution in [2.75, 3.05) is 24.8 Å². The molecular weight excluding hydrogens is 354 g/mol. The van der Waals surface area contributed by atoms with Gasteiger partial charge in [-0.2, -0.15) is 0 Å². The molecule has 2 rings (SSSR count). The summed E-state index contributed by atoms with van der Waals surface area (Å²) in [5.74, 6) is 0. The van der Waals surface area contributed by atoms with E-state index in [-0.39, 0.29) is 4.90 Å². The van der Waals surface area contributed by atoms with Gasteiger partial charge in [0.1, 0.15) is 0 Å². The summed E-state index contributed by atoms with van der Waals surface area (Å²) in [6.45, 7) is 1.90. The fourth-order valence-corrected chi connectivity index (χ4v) is 3.39. The van der Waals surface area contributed by atoms with Gasteiger partial charge < -0.3 is 5.32 Å². The average Bonchev–Trinajstić information content (AvgIpc) is 2.91. The Hall–Kier alpha value is -1.75. The molecule has 0 atom stereocenters. The first-order valence-electron chi connectivity index (χ1n) is 6.57. The average molecular weight is 372 g/mol. The van der Waals surface area contributed by atoms with E-state index in [2.05, 4.69) is 21.2 Å². The quantitative estimate of drug-likeness (QED) is 0.547. The molecule has 0 radical (unpaired) electrons. The van der Waals surface area contributed by atoms with Gasteiger partial charge in [-0.25, -0.2) is 17.7 Å². The van der Waals surface area contributed by atoms with Crippen LogP contribution in [0.5, 0.6) is 0 Å². The van der Waals surface area contributed by atoms with Crippen molar-refractivity contribution in [1.82, 2.24) is 14.7 Å². The van der Waals surface area contributed by atoms with Crippen molar-refractivity contribution in [2.24, 2.45) is 0 Å². The van der Waals surface area contributed by atoms with Crippen molar-refractivity contribution in [3.8, 4) is 0 Å². The first kappa shape index (κ1) is 17.6. The van der Waals surface area contributed by atoms with E-state index in [1.54, 1.807) is 12.1 Å². The number of nitrogens with zero attached hydrogens (tertiary/aromatic N) is 2. The van der Waals surface area contributed by atoms with Gasteiger partial charge in [0.15, 0.2) is 5.11 Å². The monoisotopic (exact) mass is 371 g/mol. The van der Waals surface area contributed by atoms with Gasteiger partial charge in [-0.05, 0) is 37.3 Å². The van der Waals surface area contributed by atoms with Crippen LogP contribution >= 0.6 is 23.6 Å². The molecule has 10 heteroatoms. The first-order chi connectivity index (χ1) is 10.8. The van der Waals surface area contributed by atoms with Gasteiger partial charge in [-0.15, -0.1) is 11.3 Å². The van der Waals surface area contributed by atoms with Crippen LogP contribution in [0.4, 0.5) is 10.8 Å². The lowest BCUT2D eigenvalue weighted by Crippen LogP contribution is -2.33. The number of hydrogen-bond acceptors (Lipinski definition) is 6. The Kier molecular flexibility index (Phi) is 5.52. The van der Waals surface area contributed by atoms with Gasteiger partial charge in [0.2, 0.25) is 15.2 Å². The normalized spacial score (nSPS) is 11.3. The highest BCUT2D eigenvalue weighted by Gasteiger charge is 2.17. The van der Waals surface area contributed by atoms with Crippen LogP contribution in [0.2, 0.25) is 0 Å². The van der Waals surface area contributed by atoms with E-state index >= 15 is 0 Å². The molecule has 1 heterocycles. The predicted molar refractivity (Wildman–Crippen MR) is 97.1 cm³/mol. The number of benzene rings is 1. The fraction of sp³-hybridized carbons (Fsp3) is 0.231. The van der Waals surface area contributed by atoms with Crippen molar-refractivity contribution in [3.63, 3.8) is 0 Å². The molecule has 0 aliphatic heterocycles. The highest BCUT2D eigenvalue weighted by atomic mass is 32.2. The Balaban J connectivity index is 2.01. The first-order valence-corrected chi connectivity index (χ1v) is 9.29. The summed E-state index contributed by atoms with van der Waals surface area (Å²) < 4.78 is 25.4. The molecule has 23 heavy (non-hydrogen) atoms. The molecule has 0 spiro atoms. The molecular formula is C13H17N5O2S3. The van der Waals surface area contributed by atoms with Gasteiger partial charge in [0, 0.05) is 25.2 Å². The molecule has 1 aromatic heterocycles. The van der Waals surface area contributed by atoms with Gasteiger partial charge in [-0.1, -0.05) is 6.07 Å². The molecule has 1 aromatic carbocycles. The number of aryl methyl sites for hydroxylation is 1. The van der Waals surface area contributed by atoms with E-state index in [4.69, 9.17) is 12.2 Å². The Bertz CT molecular complexity index is 801. The van der Waals surface area contributed by atoms with Gasteiger partial charge in [0.25, 0.3) is 0 Å². The Labute approximate surface area is 144 Å². The van der Waals surface area contributed by atoms with Gasteiger partial charge in [0.05, 0.1) is 10.6 Å². The molecule has 0 fully saturated rings. The number of aromatic nitrogens is 1. The van der Waals surface area contributed by atoms with Crippen molar-refractivity contribution < 1.29 is 8.42 Å². The number of nitrogens with one attached hydrogen (secondary N) is 3. The maximum Gasteiger partial charge on any atom is 0.242 e. The van der Waals surface area contributed by atoms with Crippen LogP contribution in [0.15, 0.2) is 34.5 Å². The van der Waals surface area contributed by atoms with Crippen molar-refractivity contribution in [3.05, 3.63) is 35.3 Å². The number of hydrogen-bond donors (Lipinski definition) is 3. The van der Waals surface area contributed by atoms with E-state index in [0.717, 1.165) is 10.00 Å².